The first kappa shape index (κ1) is 10.1. The third kappa shape index (κ3) is 2.33. The van der Waals surface area contributed by atoms with Gasteiger partial charge in [0.1, 0.15) is 11.5 Å². The lowest BCUT2D eigenvalue weighted by atomic mass is 10.3. The van der Waals surface area contributed by atoms with Crippen LogP contribution in [0.2, 0.25) is 0 Å². The second kappa shape index (κ2) is 4.39. The van der Waals surface area contributed by atoms with E-state index in [1.807, 2.05) is 30.3 Å². The van der Waals surface area contributed by atoms with E-state index in [-0.39, 0.29) is 11.4 Å². The molecule has 0 spiro atoms. The lowest BCUT2D eigenvalue weighted by Crippen LogP contribution is -2.05. The minimum atomic E-state index is -0.254. The summed E-state index contributed by atoms with van der Waals surface area (Å²) in [4.78, 5) is 13.4. The van der Waals surface area contributed by atoms with Crippen LogP contribution in [-0.2, 0) is 0 Å². The number of hydrogen-bond acceptors (Lipinski definition) is 4. The number of anilines is 1. The quantitative estimate of drug-likeness (QED) is 0.752. The van der Waals surface area contributed by atoms with E-state index in [1.165, 1.54) is 12.1 Å². The summed E-state index contributed by atoms with van der Waals surface area (Å²) < 4.78 is 0. The molecule has 0 aliphatic heterocycles. The Balaban J connectivity index is 2.28. The average Bonchev–Trinajstić information content (AvgIpc) is 2.29. The predicted molar refractivity (Wildman–Crippen MR) is 62.1 cm³/mol. The molecule has 0 saturated heterocycles. The van der Waals surface area contributed by atoms with Crippen molar-refractivity contribution < 1.29 is 0 Å². The maximum atomic E-state index is 10.9. The van der Waals surface area contributed by atoms with Gasteiger partial charge in [-0.3, -0.25) is 4.79 Å². The number of nitrogens with zero attached hydrogens (tertiary/aromatic N) is 2. The average molecular weight is 214 g/mol. The molecule has 1 aromatic carbocycles. The van der Waals surface area contributed by atoms with Gasteiger partial charge >= 0.3 is 0 Å². The number of nitrogens with two attached hydrogens (primary N) is 1. The van der Waals surface area contributed by atoms with Gasteiger partial charge in [-0.25, -0.2) is 0 Å². The van der Waals surface area contributed by atoms with Crippen molar-refractivity contribution in [3.8, 4) is 0 Å². The summed E-state index contributed by atoms with van der Waals surface area (Å²) in [5.41, 5.74) is 6.50. The molecule has 80 valence electrons. The highest BCUT2D eigenvalue weighted by atomic mass is 16.1. The molecule has 0 radical (unpaired) electrons. The van der Waals surface area contributed by atoms with Crippen molar-refractivity contribution in [1.29, 1.82) is 0 Å². The Morgan fingerprint density at radius 2 is 1.75 bits per heavy atom. The molecule has 3 N–H and O–H groups in total. The summed E-state index contributed by atoms with van der Waals surface area (Å²) in [5.74, 6) is 0.215. The molecule has 1 aromatic heterocycles. The third-order valence-electron chi connectivity index (χ3n) is 1.96. The number of aromatic nitrogens is 1. The number of H-pyrrole nitrogens is 1. The number of nitrogen functional groups attached to an aromatic ring is 1. The van der Waals surface area contributed by atoms with Gasteiger partial charge in [0.15, 0.2) is 0 Å². The van der Waals surface area contributed by atoms with E-state index >= 15 is 0 Å². The molecular formula is C11H10N4O. The van der Waals surface area contributed by atoms with Gasteiger partial charge in [-0.15, -0.1) is 5.11 Å². The molecule has 16 heavy (non-hydrogen) atoms. The van der Waals surface area contributed by atoms with Crippen LogP contribution in [0, 0.1) is 0 Å². The van der Waals surface area contributed by atoms with Crippen molar-refractivity contribution in [3.05, 3.63) is 52.8 Å². The topological polar surface area (TPSA) is 83.6 Å². The highest BCUT2D eigenvalue weighted by molar-refractivity contribution is 5.56. The van der Waals surface area contributed by atoms with E-state index in [4.69, 9.17) is 5.73 Å². The van der Waals surface area contributed by atoms with Crippen LogP contribution in [0.5, 0.6) is 0 Å². The number of aromatic amines is 1. The molecule has 0 bridgehead atoms. The van der Waals surface area contributed by atoms with Crippen LogP contribution in [-0.4, -0.2) is 4.98 Å². The van der Waals surface area contributed by atoms with E-state index in [0.717, 1.165) is 5.69 Å². The number of pyridine rings is 1. The van der Waals surface area contributed by atoms with E-state index < -0.39 is 0 Å². The smallest absolute Gasteiger partial charge is 0.249 e. The van der Waals surface area contributed by atoms with Gasteiger partial charge in [0.2, 0.25) is 5.56 Å². The zero-order chi connectivity index (χ0) is 11.4. The molecule has 1 heterocycles. The summed E-state index contributed by atoms with van der Waals surface area (Å²) in [6, 6.07) is 12.2. The van der Waals surface area contributed by atoms with Gasteiger partial charge in [-0.1, -0.05) is 18.2 Å². The second-order valence-corrected chi connectivity index (χ2v) is 3.16. The van der Waals surface area contributed by atoms with Crippen molar-refractivity contribution in [3.63, 3.8) is 0 Å². The first-order chi connectivity index (χ1) is 7.75. The van der Waals surface area contributed by atoms with Crippen molar-refractivity contribution in [2.24, 2.45) is 10.2 Å². The van der Waals surface area contributed by atoms with Crippen LogP contribution in [0.25, 0.3) is 0 Å². The highest BCUT2D eigenvalue weighted by Crippen LogP contribution is 2.20. The van der Waals surface area contributed by atoms with E-state index in [1.54, 1.807) is 0 Å². The highest BCUT2D eigenvalue weighted by Gasteiger charge is 1.97. The molecule has 0 saturated carbocycles. The Labute approximate surface area is 91.7 Å². The first-order valence-corrected chi connectivity index (χ1v) is 4.71. The number of nitrogens with one attached hydrogen (secondary N) is 1. The molecule has 0 aliphatic rings. The molecule has 2 rings (SSSR count). The van der Waals surface area contributed by atoms with Crippen LogP contribution in [0.3, 0.4) is 0 Å². The van der Waals surface area contributed by atoms with Crippen LogP contribution in [0.4, 0.5) is 17.2 Å². The lowest BCUT2D eigenvalue weighted by molar-refractivity contribution is 1.18. The summed E-state index contributed by atoms with van der Waals surface area (Å²) in [6.07, 6.45) is 0. The second-order valence-electron chi connectivity index (χ2n) is 3.16. The van der Waals surface area contributed by atoms with Crippen molar-refractivity contribution in [1.82, 2.24) is 4.98 Å². The minimum Gasteiger partial charge on any atom is -0.383 e. The predicted octanol–water partition coefficient (Wildman–Crippen LogP) is 2.37. The Hall–Kier alpha value is -2.43. The third-order valence-corrected chi connectivity index (χ3v) is 1.96. The molecular weight excluding hydrogens is 204 g/mol. The molecule has 0 atom stereocenters. The van der Waals surface area contributed by atoms with Crippen LogP contribution >= 0.6 is 0 Å². The molecule has 0 fully saturated rings. The molecule has 0 amide bonds. The fraction of sp³-hybridized carbons (Fsp3) is 0. The van der Waals surface area contributed by atoms with Gasteiger partial charge in [0, 0.05) is 6.07 Å². The fourth-order valence-electron chi connectivity index (χ4n) is 1.18. The first-order valence-electron chi connectivity index (χ1n) is 4.71. The molecule has 0 unspecified atom stereocenters. The number of rotatable bonds is 2. The van der Waals surface area contributed by atoms with E-state index in [2.05, 4.69) is 15.2 Å². The lowest BCUT2D eigenvalue weighted by Gasteiger charge is -1.96. The normalized spacial score (nSPS) is 10.8. The van der Waals surface area contributed by atoms with Crippen LogP contribution in [0.15, 0.2) is 57.5 Å². The number of hydrogen-bond donors (Lipinski definition) is 2. The zero-order valence-corrected chi connectivity index (χ0v) is 8.42. The Morgan fingerprint density at radius 3 is 2.44 bits per heavy atom. The van der Waals surface area contributed by atoms with Crippen LogP contribution < -0.4 is 11.3 Å². The summed E-state index contributed by atoms with van der Waals surface area (Å²) in [7, 11) is 0. The molecule has 2 aromatic rings. The fourth-order valence-corrected chi connectivity index (χ4v) is 1.18. The van der Waals surface area contributed by atoms with Gasteiger partial charge in [-0.05, 0) is 18.2 Å². The Kier molecular flexibility index (Phi) is 2.77. The van der Waals surface area contributed by atoms with Crippen molar-refractivity contribution in [2.75, 3.05) is 5.73 Å². The zero-order valence-electron chi connectivity index (χ0n) is 8.42. The molecule has 5 heteroatoms. The van der Waals surface area contributed by atoms with Crippen molar-refractivity contribution in [2.45, 2.75) is 0 Å². The molecule has 5 nitrogen and oxygen atoms in total. The summed E-state index contributed by atoms with van der Waals surface area (Å²) in [5, 5.41) is 7.94. The van der Waals surface area contributed by atoms with E-state index in [9.17, 15) is 4.79 Å². The van der Waals surface area contributed by atoms with Gasteiger partial charge in [0.25, 0.3) is 0 Å². The standard InChI is InChI=1S/C11H10N4O/c12-11-9(6-7-10(16)13-11)15-14-8-4-2-1-3-5-8/h1-7H,(H3,12,13,16). The van der Waals surface area contributed by atoms with E-state index in [0.29, 0.717) is 5.69 Å². The molecule has 0 aliphatic carbocycles. The van der Waals surface area contributed by atoms with Crippen LogP contribution in [0.1, 0.15) is 0 Å². The maximum Gasteiger partial charge on any atom is 0.249 e. The summed E-state index contributed by atoms with van der Waals surface area (Å²) >= 11 is 0. The number of benzene rings is 1. The number of azo groups is 1. The van der Waals surface area contributed by atoms with Gasteiger partial charge in [-0.2, -0.15) is 5.11 Å². The van der Waals surface area contributed by atoms with Gasteiger partial charge < -0.3 is 10.7 Å². The monoisotopic (exact) mass is 214 g/mol. The van der Waals surface area contributed by atoms with Crippen molar-refractivity contribution >= 4 is 17.2 Å². The SMILES string of the molecule is Nc1[nH]c(=O)ccc1N=Nc1ccccc1. The Bertz CT molecular complexity index is 560. The largest absolute Gasteiger partial charge is 0.383 e. The Morgan fingerprint density at radius 1 is 1.00 bits per heavy atom. The summed E-state index contributed by atoms with van der Waals surface area (Å²) in [6.45, 7) is 0. The minimum absolute atomic E-state index is 0.215. The maximum absolute atomic E-state index is 10.9. The van der Waals surface area contributed by atoms with Gasteiger partial charge in [0.05, 0.1) is 5.69 Å².